The zero-order valence-electron chi connectivity index (χ0n) is 19.3. The molecule has 1 aromatic carbocycles. The highest BCUT2D eigenvalue weighted by atomic mass is 32.1. The number of anilines is 1. The molecule has 0 radical (unpaired) electrons. The van der Waals surface area contributed by atoms with Crippen LogP contribution in [0.25, 0.3) is 20.4 Å². The molecule has 1 atom stereocenters. The van der Waals surface area contributed by atoms with E-state index in [1.807, 2.05) is 26.8 Å². The average Bonchev–Trinajstić information content (AvgIpc) is 3.39. The number of thiophene rings is 1. The fourth-order valence-corrected chi connectivity index (χ4v) is 6.56. The highest BCUT2D eigenvalue weighted by Crippen LogP contribution is 2.37. The second-order valence-electron chi connectivity index (χ2n) is 8.27. The van der Waals surface area contributed by atoms with Crippen LogP contribution in [0.3, 0.4) is 0 Å². The van der Waals surface area contributed by atoms with Gasteiger partial charge >= 0.3 is 5.97 Å². The number of para-hydroxylation sites is 1. The first-order valence-corrected chi connectivity index (χ1v) is 12.9. The molecule has 7 nitrogen and oxygen atoms in total. The number of esters is 1. The summed E-state index contributed by atoms with van der Waals surface area (Å²) in [5.41, 5.74) is 1.99. The molecule has 0 saturated carbocycles. The minimum atomic E-state index is -0.281. The summed E-state index contributed by atoms with van der Waals surface area (Å²) in [7, 11) is 0. The van der Waals surface area contributed by atoms with Crippen molar-refractivity contribution in [3.63, 3.8) is 0 Å². The summed E-state index contributed by atoms with van der Waals surface area (Å²) >= 11 is 3.18. The highest BCUT2D eigenvalue weighted by molar-refractivity contribution is 7.20. The zero-order chi connectivity index (χ0) is 23.1. The second kappa shape index (κ2) is 8.96. The summed E-state index contributed by atoms with van der Waals surface area (Å²) in [5, 5.41) is 2.14. The van der Waals surface area contributed by atoms with Crippen molar-refractivity contribution >= 4 is 54.9 Å². The van der Waals surface area contributed by atoms with Crippen LogP contribution in [0.5, 0.6) is 0 Å². The predicted octanol–water partition coefficient (Wildman–Crippen LogP) is 4.98. The van der Waals surface area contributed by atoms with E-state index in [0.29, 0.717) is 11.5 Å². The molecule has 172 valence electrons. The minimum Gasteiger partial charge on any atom is -0.462 e. The molecule has 5 rings (SSSR count). The van der Waals surface area contributed by atoms with Gasteiger partial charge in [-0.25, -0.2) is 19.7 Å². The molecule has 0 N–H and O–H groups in total. The van der Waals surface area contributed by atoms with E-state index in [2.05, 4.69) is 39.9 Å². The Balaban J connectivity index is 1.38. The Morgan fingerprint density at radius 3 is 2.58 bits per heavy atom. The van der Waals surface area contributed by atoms with Crippen LogP contribution >= 0.6 is 22.7 Å². The van der Waals surface area contributed by atoms with Crippen LogP contribution in [0.15, 0.2) is 24.3 Å². The van der Waals surface area contributed by atoms with Gasteiger partial charge in [0, 0.05) is 26.2 Å². The van der Waals surface area contributed by atoms with Gasteiger partial charge in [-0.05, 0) is 45.4 Å². The number of rotatable bonds is 5. The number of aromatic nitrogens is 3. The van der Waals surface area contributed by atoms with Gasteiger partial charge in [-0.3, -0.25) is 4.90 Å². The van der Waals surface area contributed by atoms with Crippen LogP contribution in [0.4, 0.5) is 5.82 Å². The lowest BCUT2D eigenvalue weighted by Gasteiger charge is -2.38. The number of ether oxygens (including phenoxy) is 1. The summed E-state index contributed by atoms with van der Waals surface area (Å²) in [6, 6.07) is 8.60. The van der Waals surface area contributed by atoms with Gasteiger partial charge in [0.1, 0.15) is 26.4 Å². The lowest BCUT2D eigenvalue weighted by atomic mass is 10.1. The van der Waals surface area contributed by atoms with Crippen LogP contribution in [0.2, 0.25) is 0 Å². The van der Waals surface area contributed by atoms with Crippen molar-refractivity contribution in [1.29, 1.82) is 0 Å². The third kappa shape index (κ3) is 4.09. The van der Waals surface area contributed by atoms with Gasteiger partial charge in [0.2, 0.25) is 0 Å². The summed E-state index contributed by atoms with van der Waals surface area (Å²) in [5.74, 6) is 1.37. The van der Waals surface area contributed by atoms with Crippen LogP contribution in [-0.4, -0.2) is 58.6 Å². The quantitative estimate of drug-likeness (QED) is 0.372. The molecule has 4 heterocycles. The molecule has 0 spiro atoms. The molecular formula is C24H27N5O2S2. The molecule has 0 bridgehead atoms. The molecule has 1 saturated heterocycles. The number of benzene rings is 1. The van der Waals surface area contributed by atoms with Gasteiger partial charge in [0.05, 0.1) is 28.3 Å². The van der Waals surface area contributed by atoms with E-state index >= 15 is 0 Å². The van der Waals surface area contributed by atoms with Gasteiger partial charge < -0.3 is 9.64 Å². The van der Waals surface area contributed by atoms with E-state index < -0.39 is 0 Å². The number of thiazole rings is 1. The molecule has 3 aromatic heterocycles. The number of aryl methyl sites for hydroxylation is 2. The number of carbonyl (C=O) groups is 1. The van der Waals surface area contributed by atoms with Crippen LogP contribution in [-0.2, 0) is 4.74 Å². The Kier molecular flexibility index (Phi) is 6.03. The molecule has 4 aromatic rings. The Morgan fingerprint density at radius 1 is 1.09 bits per heavy atom. The van der Waals surface area contributed by atoms with Crippen molar-refractivity contribution in [2.75, 3.05) is 37.7 Å². The third-order valence-electron chi connectivity index (χ3n) is 6.17. The van der Waals surface area contributed by atoms with E-state index in [1.54, 1.807) is 11.3 Å². The van der Waals surface area contributed by atoms with E-state index in [9.17, 15) is 4.79 Å². The molecule has 1 aliphatic rings. The van der Waals surface area contributed by atoms with Gasteiger partial charge in [-0.1, -0.05) is 12.1 Å². The van der Waals surface area contributed by atoms with E-state index in [4.69, 9.17) is 14.7 Å². The normalized spacial score (nSPS) is 15.9. The number of carbonyl (C=O) groups excluding carboxylic acids is 1. The van der Waals surface area contributed by atoms with Crippen LogP contribution in [0, 0.1) is 13.8 Å². The topological polar surface area (TPSA) is 71.5 Å². The maximum Gasteiger partial charge on any atom is 0.348 e. The Morgan fingerprint density at radius 2 is 1.85 bits per heavy atom. The predicted molar refractivity (Wildman–Crippen MR) is 135 cm³/mol. The monoisotopic (exact) mass is 481 g/mol. The maximum absolute atomic E-state index is 12.4. The van der Waals surface area contributed by atoms with Gasteiger partial charge in [-0.15, -0.1) is 22.7 Å². The van der Waals surface area contributed by atoms with Gasteiger partial charge in [0.15, 0.2) is 0 Å². The third-order valence-corrected chi connectivity index (χ3v) is 8.55. The summed E-state index contributed by atoms with van der Waals surface area (Å²) < 4.78 is 6.49. The number of piperazine rings is 1. The standard InChI is InChI=1S/C24H27N5O2S2/c1-5-31-24(30)20-14(2)19-21(25-16(4)26-23(19)33-20)29-12-10-28(11-13-29)15(3)22-27-17-8-6-7-9-18(17)32-22/h6-9,15H,5,10-13H2,1-4H3/t15-/m0/s1. The second-order valence-corrected chi connectivity index (χ2v) is 10.3. The number of hydrogen-bond donors (Lipinski definition) is 0. The van der Waals surface area contributed by atoms with E-state index in [1.165, 1.54) is 16.0 Å². The van der Waals surface area contributed by atoms with Crippen molar-refractivity contribution < 1.29 is 9.53 Å². The zero-order valence-corrected chi connectivity index (χ0v) is 20.9. The minimum absolute atomic E-state index is 0.273. The molecule has 0 aliphatic carbocycles. The first-order chi connectivity index (χ1) is 16.0. The smallest absolute Gasteiger partial charge is 0.348 e. The highest BCUT2D eigenvalue weighted by Gasteiger charge is 2.28. The van der Waals surface area contributed by atoms with Crippen molar-refractivity contribution in [2.45, 2.75) is 33.7 Å². The van der Waals surface area contributed by atoms with Crippen molar-refractivity contribution in [1.82, 2.24) is 19.9 Å². The molecular weight excluding hydrogens is 454 g/mol. The number of hydrogen-bond acceptors (Lipinski definition) is 9. The fourth-order valence-electron chi connectivity index (χ4n) is 4.39. The molecule has 0 amide bonds. The Labute approximate surface area is 201 Å². The van der Waals surface area contributed by atoms with Gasteiger partial charge in [-0.2, -0.15) is 0 Å². The van der Waals surface area contributed by atoms with E-state index in [-0.39, 0.29) is 12.0 Å². The van der Waals surface area contributed by atoms with Crippen molar-refractivity contribution in [3.05, 3.63) is 45.5 Å². The molecule has 9 heteroatoms. The van der Waals surface area contributed by atoms with E-state index in [0.717, 1.165) is 64.1 Å². The van der Waals surface area contributed by atoms with Crippen LogP contribution in [0.1, 0.15) is 46.0 Å². The van der Waals surface area contributed by atoms with Crippen LogP contribution < -0.4 is 4.90 Å². The SMILES string of the molecule is CCOC(=O)c1sc2nc(C)nc(N3CCN([C@@H](C)c4nc5ccccc5s4)CC3)c2c1C. The fraction of sp³-hybridized carbons (Fsp3) is 0.417. The van der Waals surface area contributed by atoms with Crippen molar-refractivity contribution in [2.24, 2.45) is 0 Å². The number of fused-ring (bicyclic) bond motifs is 2. The molecule has 0 unspecified atom stereocenters. The summed E-state index contributed by atoms with van der Waals surface area (Å²) in [4.78, 5) is 33.0. The number of nitrogens with zero attached hydrogens (tertiary/aromatic N) is 5. The first-order valence-electron chi connectivity index (χ1n) is 11.3. The van der Waals surface area contributed by atoms with Crippen molar-refractivity contribution in [3.8, 4) is 0 Å². The van der Waals surface area contributed by atoms with Gasteiger partial charge in [0.25, 0.3) is 0 Å². The largest absolute Gasteiger partial charge is 0.462 e. The lowest BCUT2D eigenvalue weighted by Crippen LogP contribution is -2.47. The molecule has 33 heavy (non-hydrogen) atoms. The lowest BCUT2D eigenvalue weighted by molar-refractivity contribution is 0.0531. The summed E-state index contributed by atoms with van der Waals surface area (Å²) in [6.45, 7) is 11.9. The molecule has 1 fully saturated rings. The Hall–Kier alpha value is -2.62. The summed E-state index contributed by atoms with van der Waals surface area (Å²) in [6.07, 6.45) is 0. The molecule has 1 aliphatic heterocycles. The maximum atomic E-state index is 12.4. The first kappa shape index (κ1) is 22.2. The Bertz CT molecular complexity index is 1290. The average molecular weight is 482 g/mol.